The van der Waals surface area contributed by atoms with Gasteiger partial charge in [-0.15, -0.1) is 0 Å². The first-order chi connectivity index (χ1) is 16.3. The molecule has 2 aromatic carbocycles. The monoisotopic (exact) mass is 477 g/mol. The van der Waals surface area contributed by atoms with E-state index in [-0.39, 0.29) is 22.0 Å². The Kier molecular flexibility index (Phi) is 6.82. The number of carbonyl (C=O) groups is 1. The molecule has 1 fully saturated rings. The molecule has 0 radical (unpaired) electrons. The van der Waals surface area contributed by atoms with Crippen LogP contribution in [0.1, 0.15) is 25.3 Å². The summed E-state index contributed by atoms with van der Waals surface area (Å²) in [7, 11) is 2.11. The van der Waals surface area contributed by atoms with Crippen molar-refractivity contribution < 1.29 is 9.18 Å². The van der Waals surface area contributed by atoms with Gasteiger partial charge in [0.05, 0.1) is 27.5 Å². The van der Waals surface area contributed by atoms with Crippen LogP contribution in [0.2, 0.25) is 5.02 Å². The van der Waals surface area contributed by atoms with Crippen molar-refractivity contribution in [2.24, 2.45) is 5.41 Å². The number of benzene rings is 2. The van der Waals surface area contributed by atoms with Gasteiger partial charge in [-0.3, -0.25) is 4.79 Å². The molecule has 1 aromatic heterocycles. The third kappa shape index (κ3) is 5.19. The van der Waals surface area contributed by atoms with Crippen molar-refractivity contribution in [1.29, 1.82) is 0 Å². The molecule has 0 saturated carbocycles. The minimum Gasteiger partial charge on any atom is -0.337 e. The van der Waals surface area contributed by atoms with Crippen molar-refractivity contribution in [2.45, 2.75) is 19.8 Å². The molecule has 0 atom stereocenters. The molecule has 1 aliphatic rings. The molecule has 0 aliphatic carbocycles. The second-order valence-electron chi connectivity index (χ2n) is 8.67. The highest BCUT2D eigenvalue weighted by molar-refractivity contribution is 6.31. The molecule has 0 spiro atoms. The van der Waals surface area contributed by atoms with Crippen LogP contribution in [-0.4, -0.2) is 40.9 Å². The third-order valence-corrected chi connectivity index (χ3v) is 6.30. The van der Waals surface area contributed by atoms with Crippen molar-refractivity contribution in [1.82, 2.24) is 14.9 Å². The number of carbonyl (C=O) groups excluding carboxylic acids is 1. The molecule has 2 N–H and O–H groups in total. The number of hydrogen-bond donors (Lipinski definition) is 2. The van der Waals surface area contributed by atoms with Crippen LogP contribution < -0.4 is 10.6 Å². The van der Waals surface area contributed by atoms with E-state index in [4.69, 9.17) is 11.6 Å². The number of nitrogens with zero attached hydrogens (tertiary/aromatic N) is 3. The Morgan fingerprint density at radius 3 is 2.76 bits per heavy atom. The number of nitrogens with one attached hydrogen (secondary N) is 2. The Labute approximate surface area is 203 Å². The summed E-state index contributed by atoms with van der Waals surface area (Å²) in [4.78, 5) is 23.1. The van der Waals surface area contributed by atoms with Crippen molar-refractivity contribution >= 4 is 45.6 Å². The molecular weight excluding hydrogens is 453 g/mol. The third-order valence-electron chi connectivity index (χ3n) is 6.01. The van der Waals surface area contributed by atoms with Crippen molar-refractivity contribution in [3.8, 4) is 11.8 Å². The van der Waals surface area contributed by atoms with E-state index < -0.39 is 5.82 Å². The zero-order chi connectivity index (χ0) is 24.3. The van der Waals surface area contributed by atoms with Crippen molar-refractivity contribution in [3.63, 3.8) is 0 Å². The van der Waals surface area contributed by atoms with Gasteiger partial charge in [0, 0.05) is 10.8 Å². The first-order valence-electron chi connectivity index (χ1n) is 10.9. The van der Waals surface area contributed by atoms with E-state index in [2.05, 4.69) is 57.9 Å². The number of fused-ring (bicyclic) bond motifs is 1. The molecule has 6 nitrogen and oxygen atoms in total. The summed E-state index contributed by atoms with van der Waals surface area (Å²) in [5, 5.41) is 6.40. The normalized spacial score (nSPS) is 15.3. The first-order valence-corrected chi connectivity index (χ1v) is 11.3. The largest absolute Gasteiger partial charge is 0.337 e. The Bertz CT molecular complexity index is 1320. The Morgan fingerprint density at radius 1 is 1.26 bits per heavy atom. The van der Waals surface area contributed by atoms with E-state index in [0.717, 1.165) is 25.9 Å². The van der Waals surface area contributed by atoms with E-state index in [1.54, 1.807) is 24.3 Å². The summed E-state index contributed by atoms with van der Waals surface area (Å²) in [6.07, 6.45) is 4.53. The Balaban J connectivity index is 1.77. The van der Waals surface area contributed by atoms with E-state index in [1.807, 2.05) is 0 Å². The number of rotatable bonds is 4. The topological polar surface area (TPSA) is 70.1 Å². The molecule has 0 unspecified atom stereocenters. The summed E-state index contributed by atoms with van der Waals surface area (Å²) in [6, 6.07) is 8.23. The summed E-state index contributed by atoms with van der Waals surface area (Å²) < 4.78 is 14.5. The fourth-order valence-electron chi connectivity index (χ4n) is 3.78. The van der Waals surface area contributed by atoms with Crippen LogP contribution in [0.25, 0.3) is 10.9 Å². The number of piperidine rings is 1. The van der Waals surface area contributed by atoms with Crippen LogP contribution in [0, 0.1) is 23.1 Å². The van der Waals surface area contributed by atoms with E-state index in [0.29, 0.717) is 28.0 Å². The molecule has 0 bridgehead atoms. The van der Waals surface area contributed by atoms with Gasteiger partial charge < -0.3 is 15.5 Å². The fourth-order valence-corrected chi connectivity index (χ4v) is 3.95. The second kappa shape index (κ2) is 9.80. The summed E-state index contributed by atoms with van der Waals surface area (Å²) >= 11 is 5.91. The maximum Gasteiger partial charge on any atom is 0.247 e. The fraction of sp³-hybridized carbons (Fsp3) is 0.269. The SMILES string of the molecule is C=CC(=O)Nc1cc2c(Nc3cccc(Cl)c3F)ncnc2cc1C#CC1(C)CCN(C)CC1. The van der Waals surface area contributed by atoms with Gasteiger partial charge in [0.1, 0.15) is 12.1 Å². The number of halogens is 2. The van der Waals surface area contributed by atoms with E-state index >= 15 is 0 Å². The predicted molar refractivity (Wildman–Crippen MR) is 135 cm³/mol. The molecular formula is C26H25ClFN5O. The quantitative estimate of drug-likeness (QED) is 0.390. The van der Waals surface area contributed by atoms with Gasteiger partial charge in [-0.25, -0.2) is 14.4 Å². The van der Waals surface area contributed by atoms with Gasteiger partial charge in [0.15, 0.2) is 5.82 Å². The average Bonchev–Trinajstić information content (AvgIpc) is 2.83. The van der Waals surface area contributed by atoms with Gasteiger partial charge in [-0.1, -0.05) is 36.1 Å². The average molecular weight is 478 g/mol. The first kappa shape index (κ1) is 23.7. The van der Waals surface area contributed by atoms with Crippen molar-refractivity contribution in [3.05, 3.63) is 65.7 Å². The van der Waals surface area contributed by atoms with Gasteiger partial charge in [-0.2, -0.15) is 0 Å². The minimum absolute atomic E-state index is 0.00209. The lowest BCUT2D eigenvalue weighted by Gasteiger charge is -2.33. The molecule has 8 heteroatoms. The lowest BCUT2D eigenvalue weighted by molar-refractivity contribution is -0.111. The molecule has 1 saturated heterocycles. The summed E-state index contributed by atoms with van der Waals surface area (Å²) in [5.74, 6) is 6.13. The van der Waals surface area contributed by atoms with Gasteiger partial charge in [0.2, 0.25) is 5.91 Å². The maximum absolute atomic E-state index is 14.5. The van der Waals surface area contributed by atoms with Gasteiger partial charge in [0.25, 0.3) is 0 Å². The Morgan fingerprint density at radius 2 is 2.03 bits per heavy atom. The lowest BCUT2D eigenvalue weighted by atomic mass is 9.81. The summed E-state index contributed by atoms with van der Waals surface area (Å²) in [5.41, 5.74) is 1.83. The number of hydrogen-bond acceptors (Lipinski definition) is 5. The van der Waals surface area contributed by atoms with Crippen LogP contribution in [0.15, 0.2) is 49.3 Å². The van der Waals surface area contributed by atoms with Crippen LogP contribution in [-0.2, 0) is 4.79 Å². The molecule has 1 amide bonds. The highest BCUT2D eigenvalue weighted by Crippen LogP contribution is 2.32. The standard InChI is InChI=1S/C26H25ClFN5O/c1-4-23(34)31-21-15-18-22(14-17(21)8-9-26(2)10-12-33(3)13-11-26)29-16-30-25(18)32-20-7-5-6-19(27)24(20)28/h4-7,14-16H,1,10-13H2,2-3H3,(H,31,34)(H,29,30,32). The zero-order valence-corrected chi connectivity index (χ0v) is 19.8. The minimum atomic E-state index is -0.579. The molecule has 4 rings (SSSR count). The molecule has 1 aliphatic heterocycles. The smallest absolute Gasteiger partial charge is 0.247 e. The molecule has 174 valence electrons. The molecule has 2 heterocycles. The number of aromatic nitrogens is 2. The lowest BCUT2D eigenvalue weighted by Crippen LogP contribution is -2.35. The van der Waals surface area contributed by atoms with E-state index in [9.17, 15) is 9.18 Å². The number of likely N-dealkylation sites (tertiary alicyclic amines) is 1. The number of anilines is 3. The van der Waals surface area contributed by atoms with Crippen LogP contribution in [0.5, 0.6) is 0 Å². The van der Waals surface area contributed by atoms with E-state index in [1.165, 1.54) is 18.5 Å². The predicted octanol–water partition coefficient (Wildman–Crippen LogP) is 5.37. The van der Waals surface area contributed by atoms with Crippen LogP contribution >= 0.6 is 11.6 Å². The zero-order valence-electron chi connectivity index (χ0n) is 19.1. The highest BCUT2D eigenvalue weighted by Gasteiger charge is 2.26. The second-order valence-corrected chi connectivity index (χ2v) is 9.08. The van der Waals surface area contributed by atoms with Crippen LogP contribution in [0.4, 0.5) is 21.6 Å². The summed E-state index contributed by atoms with van der Waals surface area (Å²) in [6.45, 7) is 7.68. The van der Waals surface area contributed by atoms with Gasteiger partial charge in [-0.05, 0) is 70.2 Å². The van der Waals surface area contributed by atoms with Crippen molar-refractivity contribution in [2.75, 3.05) is 30.8 Å². The van der Waals surface area contributed by atoms with Gasteiger partial charge >= 0.3 is 0 Å². The highest BCUT2D eigenvalue weighted by atomic mass is 35.5. The van der Waals surface area contributed by atoms with Crippen LogP contribution in [0.3, 0.4) is 0 Å². The molecule has 3 aromatic rings. The maximum atomic E-state index is 14.5. The Hall–Kier alpha value is -3.47. The number of amides is 1. The molecule has 34 heavy (non-hydrogen) atoms.